The third-order valence-electron chi connectivity index (χ3n) is 5.43. The van der Waals surface area contributed by atoms with E-state index in [0.29, 0.717) is 24.3 Å². The smallest absolute Gasteiger partial charge is 0.339 e. The number of nitrogens with zero attached hydrogens (tertiary/aromatic N) is 3. The molecule has 3 aromatic rings. The van der Waals surface area contributed by atoms with Gasteiger partial charge in [0.25, 0.3) is 5.91 Å². The number of amides is 1. The van der Waals surface area contributed by atoms with Gasteiger partial charge in [-0.25, -0.2) is 4.79 Å². The van der Waals surface area contributed by atoms with Crippen molar-refractivity contribution in [3.63, 3.8) is 0 Å². The van der Waals surface area contributed by atoms with E-state index < -0.39 is 5.97 Å². The Labute approximate surface area is 162 Å². The fourth-order valence-corrected chi connectivity index (χ4v) is 3.88. The molecule has 3 heterocycles. The average Bonchev–Trinajstić information content (AvgIpc) is 3.35. The number of carboxylic acid groups (broad SMARTS) is 1. The molecule has 0 radical (unpaired) electrons. The molecule has 0 saturated carbocycles. The van der Waals surface area contributed by atoms with Crippen molar-refractivity contribution < 1.29 is 14.7 Å². The molecule has 1 aliphatic rings. The van der Waals surface area contributed by atoms with Gasteiger partial charge in [-0.3, -0.25) is 9.48 Å². The Morgan fingerprint density at radius 2 is 1.82 bits per heavy atom. The number of aromatic nitrogens is 3. The van der Waals surface area contributed by atoms with Crippen molar-refractivity contribution in [2.45, 2.75) is 25.8 Å². The summed E-state index contributed by atoms with van der Waals surface area (Å²) in [7, 11) is 0. The lowest BCUT2D eigenvalue weighted by molar-refractivity contribution is 0.0689. The summed E-state index contributed by atoms with van der Waals surface area (Å²) in [5.74, 6) is -0.945. The molecule has 1 aliphatic heterocycles. The van der Waals surface area contributed by atoms with Crippen molar-refractivity contribution in [3.05, 3.63) is 65.7 Å². The number of likely N-dealkylation sites (tertiary alicyclic amines) is 1. The summed E-state index contributed by atoms with van der Waals surface area (Å²) in [5, 5.41) is 13.5. The summed E-state index contributed by atoms with van der Waals surface area (Å²) in [4.78, 5) is 29.2. The topological polar surface area (TPSA) is 91.2 Å². The Morgan fingerprint density at radius 3 is 2.46 bits per heavy atom. The minimum Gasteiger partial charge on any atom is -0.478 e. The number of piperidine rings is 1. The van der Waals surface area contributed by atoms with Gasteiger partial charge in [0.05, 0.1) is 23.5 Å². The SMILES string of the molecule is Cc1c(C(=O)O)cnn1C1CCN(C(=O)c2c[nH]cc2-c2ccccc2)CC1. The zero-order chi connectivity index (χ0) is 19.7. The molecule has 1 saturated heterocycles. The first-order valence-corrected chi connectivity index (χ1v) is 9.35. The molecular formula is C21H22N4O3. The number of carboxylic acids is 1. The van der Waals surface area contributed by atoms with Crippen molar-refractivity contribution in [1.82, 2.24) is 19.7 Å². The van der Waals surface area contributed by atoms with Gasteiger partial charge in [-0.15, -0.1) is 0 Å². The Kier molecular flexibility index (Phi) is 4.73. The molecule has 0 bridgehead atoms. The first-order valence-electron chi connectivity index (χ1n) is 9.35. The van der Waals surface area contributed by atoms with Gasteiger partial charge in [-0.05, 0) is 25.3 Å². The molecule has 7 heteroatoms. The first kappa shape index (κ1) is 18.0. The van der Waals surface area contributed by atoms with E-state index in [1.807, 2.05) is 41.4 Å². The number of aromatic carboxylic acids is 1. The van der Waals surface area contributed by atoms with E-state index in [4.69, 9.17) is 0 Å². The maximum atomic E-state index is 13.1. The molecule has 0 unspecified atom stereocenters. The van der Waals surface area contributed by atoms with Crippen LogP contribution in [0.4, 0.5) is 0 Å². The molecule has 0 spiro atoms. The second-order valence-corrected chi connectivity index (χ2v) is 7.07. The van der Waals surface area contributed by atoms with Gasteiger partial charge in [0.2, 0.25) is 0 Å². The number of H-pyrrole nitrogens is 1. The quantitative estimate of drug-likeness (QED) is 0.728. The number of benzene rings is 1. The number of hydrogen-bond donors (Lipinski definition) is 2. The zero-order valence-corrected chi connectivity index (χ0v) is 15.6. The molecule has 144 valence electrons. The van der Waals surface area contributed by atoms with Crippen LogP contribution < -0.4 is 0 Å². The minimum atomic E-state index is -0.961. The summed E-state index contributed by atoms with van der Waals surface area (Å²) in [6.45, 7) is 3.01. The minimum absolute atomic E-state index is 0.0157. The van der Waals surface area contributed by atoms with Crippen molar-refractivity contribution in [3.8, 4) is 11.1 Å². The molecule has 1 aromatic carbocycles. The van der Waals surface area contributed by atoms with Gasteiger partial charge in [-0.2, -0.15) is 5.10 Å². The zero-order valence-electron chi connectivity index (χ0n) is 15.6. The molecule has 1 fully saturated rings. The number of carbonyl (C=O) groups is 2. The highest BCUT2D eigenvalue weighted by atomic mass is 16.4. The third-order valence-corrected chi connectivity index (χ3v) is 5.43. The molecule has 2 aromatic heterocycles. The lowest BCUT2D eigenvalue weighted by Crippen LogP contribution is -2.39. The lowest BCUT2D eigenvalue weighted by atomic mass is 10.0. The molecule has 2 N–H and O–H groups in total. The number of rotatable bonds is 4. The predicted octanol–water partition coefficient (Wildman–Crippen LogP) is 3.36. The van der Waals surface area contributed by atoms with Crippen LogP contribution in [0.1, 0.15) is 45.3 Å². The number of carbonyl (C=O) groups excluding carboxylic acids is 1. The van der Waals surface area contributed by atoms with E-state index in [1.165, 1.54) is 6.20 Å². The van der Waals surface area contributed by atoms with Gasteiger partial charge in [0, 0.05) is 31.0 Å². The molecule has 0 aliphatic carbocycles. The van der Waals surface area contributed by atoms with Crippen LogP contribution in [0, 0.1) is 6.92 Å². The Balaban J connectivity index is 1.47. The van der Waals surface area contributed by atoms with Crippen molar-refractivity contribution in [2.75, 3.05) is 13.1 Å². The van der Waals surface area contributed by atoms with Crippen molar-refractivity contribution in [2.24, 2.45) is 0 Å². The molecule has 4 rings (SSSR count). The van der Waals surface area contributed by atoms with Gasteiger partial charge in [-0.1, -0.05) is 30.3 Å². The predicted molar refractivity (Wildman–Crippen MR) is 104 cm³/mol. The second kappa shape index (κ2) is 7.34. The van der Waals surface area contributed by atoms with Crippen LogP contribution in [0.5, 0.6) is 0 Å². The molecule has 1 amide bonds. The molecule has 28 heavy (non-hydrogen) atoms. The fraction of sp³-hybridized carbons (Fsp3) is 0.286. The third kappa shape index (κ3) is 3.19. The van der Waals surface area contributed by atoms with Crippen LogP contribution in [0.25, 0.3) is 11.1 Å². The van der Waals surface area contributed by atoms with Crippen molar-refractivity contribution >= 4 is 11.9 Å². The Morgan fingerprint density at radius 1 is 1.11 bits per heavy atom. The van der Waals surface area contributed by atoms with Crippen LogP contribution in [-0.4, -0.2) is 49.7 Å². The van der Waals surface area contributed by atoms with E-state index in [2.05, 4.69) is 10.1 Å². The second-order valence-electron chi connectivity index (χ2n) is 7.07. The first-order chi connectivity index (χ1) is 13.6. The van der Waals surface area contributed by atoms with E-state index in [0.717, 1.165) is 24.0 Å². The highest BCUT2D eigenvalue weighted by molar-refractivity contribution is 6.00. The van der Waals surface area contributed by atoms with E-state index >= 15 is 0 Å². The number of hydrogen-bond acceptors (Lipinski definition) is 3. The highest BCUT2D eigenvalue weighted by Gasteiger charge is 2.28. The average molecular weight is 378 g/mol. The standard InChI is InChI=1S/C21H22N4O3/c1-14-17(21(27)28)13-23-25(14)16-7-9-24(10-8-16)20(26)19-12-22-11-18(19)15-5-3-2-4-6-15/h2-6,11-13,16,22H,7-10H2,1H3,(H,27,28). The van der Waals surface area contributed by atoms with Gasteiger partial charge >= 0.3 is 5.97 Å². The van der Waals surface area contributed by atoms with E-state index in [9.17, 15) is 14.7 Å². The van der Waals surface area contributed by atoms with Gasteiger partial charge in [0.1, 0.15) is 5.56 Å². The molecular weight excluding hydrogens is 356 g/mol. The maximum Gasteiger partial charge on any atom is 0.339 e. The van der Waals surface area contributed by atoms with Gasteiger partial charge in [0.15, 0.2) is 0 Å². The van der Waals surface area contributed by atoms with Crippen LogP contribution in [0.3, 0.4) is 0 Å². The van der Waals surface area contributed by atoms with Crippen LogP contribution >= 0.6 is 0 Å². The largest absolute Gasteiger partial charge is 0.478 e. The van der Waals surface area contributed by atoms with E-state index in [-0.39, 0.29) is 17.5 Å². The van der Waals surface area contributed by atoms with Gasteiger partial charge < -0.3 is 15.0 Å². The summed E-state index contributed by atoms with van der Waals surface area (Å²) in [6.07, 6.45) is 6.52. The Hall–Kier alpha value is -3.35. The maximum absolute atomic E-state index is 13.1. The number of nitrogens with one attached hydrogen (secondary N) is 1. The summed E-state index contributed by atoms with van der Waals surface area (Å²) in [5.41, 5.74) is 3.48. The lowest BCUT2D eigenvalue weighted by Gasteiger charge is -2.32. The summed E-state index contributed by atoms with van der Waals surface area (Å²) in [6, 6.07) is 9.96. The monoisotopic (exact) mass is 378 g/mol. The van der Waals surface area contributed by atoms with Crippen LogP contribution in [0.2, 0.25) is 0 Å². The van der Waals surface area contributed by atoms with E-state index in [1.54, 1.807) is 17.8 Å². The molecule has 0 atom stereocenters. The Bertz CT molecular complexity index is 998. The molecule has 7 nitrogen and oxygen atoms in total. The van der Waals surface area contributed by atoms with Crippen LogP contribution in [0.15, 0.2) is 48.9 Å². The summed E-state index contributed by atoms with van der Waals surface area (Å²) < 4.78 is 1.79. The highest BCUT2D eigenvalue weighted by Crippen LogP contribution is 2.28. The normalized spacial score (nSPS) is 15.0. The van der Waals surface area contributed by atoms with Crippen LogP contribution in [-0.2, 0) is 0 Å². The number of aromatic amines is 1. The van der Waals surface area contributed by atoms with Crippen molar-refractivity contribution in [1.29, 1.82) is 0 Å². The summed E-state index contributed by atoms with van der Waals surface area (Å²) >= 11 is 0. The fourth-order valence-electron chi connectivity index (χ4n) is 3.88.